The van der Waals surface area contributed by atoms with Crippen LogP contribution in [-0.4, -0.2) is 27.2 Å². The minimum atomic E-state index is 0.0226. The third kappa shape index (κ3) is 3.34. The van der Waals surface area contributed by atoms with Crippen molar-refractivity contribution < 1.29 is 4.79 Å². The number of aryl methyl sites for hydroxylation is 2. The third-order valence-electron chi connectivity index (χ3n) is 5.14. The Morgan fingerprint density at radius 1 is 1.31 bits per heavy atom. The summed E-state index contributed by atoms with van der Waals surface area (Å²) in [5, 5.41) is 8.27. The summed E-state index contributed by atoms with van der Waals surface area (Å²) in [6, 6.07) is 9.90. The Hall–Kier alpha value is -2.69. The van der Waals surface area contributed by atoms with Crippen molar-refractivity contribution in [2.75, 3.05) is 6.54 Å². The number of nitrogens with one attached hydrogen (secondary N) is 1. The molecule has 1 atom stereocenters. The van der Waals surface area contributed by atoms with Crippen molar-refractivity contribution in [1.29, 1.82) is 0 Å². The van der Waals surface area contributed by atoms with Crippen molar-refractivity contribution in [1.82, 2.24) is 20.1 Å². The summed E-state index contributed by atoms with van der Waals surface area (Å²) in [6.07, 6.45) is 7.60. The molecule has 0 saturated carbocycles. The molecule has 1 N–H and O–H groups in total. The maximum Gasteiger partial charge on any atom is 0.252 e. The Morgan fingerprint density at radius 3 is 3.04 bits per heavy atom. The zero-order chi connectivity index (χ0) is 17.9. The van der Waals surface area contributed by atoms with Crippen LogP contribution in [0.25, 0.3) is 10.9 Å². The lowest BCUT2D eigenvalue weighted by Crippen LogP contribution is -2.28. The van der Waals surface area contributed by atoms with Crippen LogP contribution in [0.3, 0.4) is 0 Å². The second-order valence-electron chi connectivity index (χ2n) is 7.16. The van der Waals surface area contributed by atoms with Gasteiger partial charge in [-0.15, -0.1) is 0 Å². The molecule has 0 saturated heterocycles. The Morgan fingerprint density at radius 2 is 2.19 bits per heavy atom. The largest absolute Gasteiger partial charge is 0.352 e. The highest BCUT2D eigenvalue weighted by Gasteiger charge is 2.24. The Labute approximate surface area is 153 Å². The van der Waals surface area contributed by atoms with E-state index in [2.05, 4.69) is 17.3 Å². The number of aromatic nitrogens is 3. The summed E-state index contributed by atoms with van der Waals surface area (Å²) in [4.78, 5) is 17.9. The van der Waals surface area contributed by atoms with Gasteiger partial charge in [-0.05, 0) is 49.3 Å². The van der Waals surface area contributed by atoms with E-state index in [1.165, 1.54) is 0 Å². The first kappa shape index (κ1) is 16.8. The molecule has 0 fully saturated rings. The van der Waals surface area contributed by atoms with Gasteiger partial charge in [-0.3, -0.25) is 14.5 Å². The number of fused-ring (bicyclic) bond motifs is 2. The summed E-state index contributed by atoms with van der Waals surface area (Å²) in [5.74, 6) is 0.617. The number of hydrogen-bond donors (Lipinski definition) is 1. The lowest BCUT2D eigenvalue weighted by molar-refractivity contribution is 0.0952. The molecule has 0 radical (unpaired) electrons. The number of nitrogens with zero attached hydrogens (tertiary/aromatic N) is 3. The van der Waals surface area contributed by atoms with Crippen LogP contribution >= 0.6 is 0 Å². The van der Waals surface area contributed by atoms with Crippen LogP contribution in [0.2, 0.25) is 0 Å². The predicted octanol–water partition coefficient (Wildman–Crippen LogP) is 3.38. The number of rotatable bonds is 5. The van der Waals surface area contributed by atoms with E-state index in [9.17, 15) is 4.79 Å². The molecule has 2 heterocycles. The molecule has 1 amide bonds. The molecule has 5 nitrogen and oxygen atoms in total. The molecule has 0 spiro atoms. The third-order valence-corrected chi connectivity index (χ3v) is 5.14. The molecule has 26 heavy (non-hydrogen) atoms. The topological polar surface area (TPSA) is 59.8 Å². The van der Waals surface area contributed by atoms with E-state index in [0.29, 0.717) is 12.5 Å². The van der Waals surface area contributed by atoms with Crippen molar-refractivity contribution in [3.8, 4) is 0 Å². The van der Waals surface area contributed by atoms with Crippen LogP contribution < -0.4 is 5.32 Å². The van der Waals surface area contributed by atoms with E-state index >= 15 is 0 Å². The van der Waals surface area contributed by atoms with Gasteiger partial charge >= 0.3 is 0 Å². The van der Waals surface area contributed by atoms with Crippen LogP contribution in [0, 0.1) is 5.92 Å². The molecule has 1 unspecified atom stereocenters. The van der Waals surface area contributed by atoms with Crippen LogP contribution in [-0.2, 0) is 19.4 Å². The molecule has 3 aromatic rings. The van der Waals surface area contributed by atoms with Crippen molar-refractivity contribution in [2.24, 2.45) is 5.92 Å². The average molecular weight is 348 g/mol. The minimum Gasteiger partial charge on any atom is -0.352 e. The van der Waals surface area contributed by atoms with E-state index in [1.807, 2.05) is 41.2 Å². The SMILES string of the molecule is CC1CCc2nc3ccccc3c(C(=O)NCCCn3cccn3)c2C1. The molecule has 1 aromatic carbocycles. The number of para-hydroxylation sites is 1. The van der Waals surface area contributed by atoms with Gasteiger partial charge in [-0.2, -0.15) is 5.10 Å². The second kappa shape index (κ2) is 7.28. The van der Waals surface area contributed by atoms with Gasteiger partial charge in [-0.25, -0.2) is 0 Å². The normalized spacial score (nSPS) is 16.4. The smallest absolute Gasteiger partial charge is 0.252 e. The van der Waals surface area contributed by atoms with E-state index < -0.39 is 0 Å². The molecule has 0 aliphatic heterocycles. The maximum atomic E-state index is 13.0. The van der Waals surface area contributed by atoms with Crippen LogP contribution in [0.1, 0.15) is 41.4 Å². The molecule has 1 aliphatic carbocycles. The Balaban J connectivity index is 1.57. The Bertz CT molecular complexity index is 917. The number of hydrogen-bond acceptors (Lipinski definition) is 3. The summed E-state index contributed by atoms with van der Waals surface area (Å²) in [6.45, 7) is 3.70. The maximum absolute atomic E-state index is 13.0. The second-order valence-corrected chi connectivity index (χ2v) is 7.16. The lowest BCUT2D eigenvalue weighted by atomic mass is 9.84. The van der Waals surface area contributed by atoms with E-state index in [0.717, 1.165) is 60.0 Å². The highest BCUT2D eigenvalue weighted by molar-refractivity contribution is 6.07. The molecule has 1 aliphatic rings. The predicted molar refractivity (Wildman–Crippen MR) is 102 cm³/mol. The number of benzene rings is 1. The molecular formula is C21H24N4O. The van der Waals surface area contributed by atoms with Gasteiger partial charge in [0.2, 0.25) is 0 Å². The first-order valence-electron chi connectivity index (χ1n) is 9.38. The molecule has 134 valence electrons. The average Bonchev–Trinajstić information content (AvgIpc) is 3.16. The van der Waals surface area contributed by atoms with Gasteiger partial charge in [0.15, 0.2) is 0 Å². The lowest BCUT2D eigenvalue weighted by Gasteiger charge is -2.24. The molecule has 5 heteroatoms. The highest BCUT2D eigenvalue weighted by Crippen LogP contribution is 2.31. The number of pyridine rings is 1. The van der Waals surface area contributed by atoms with Gasteiger partial charge in [-0.1, -0.05) is 25.1 Å². The fourth-order valence-electron chi connectivity index (χ4n) is 3.79. The molecule has 2 aromatic heterocycles. The summed E-state index contributed by atoms with van der Waals surface area (Å²) >= 11 is 0. The van der Waals surface area contributed by atoms with Crippen molar-refractivity contribution in [2.45, 2.75) is 39.2 Å². The van der Waals surface area contributed by atoms with Gasteiger partial charge in [0, 0.05) is 36.6 Å². The first-order chi connectivity index (χ1) is 12.7. The van der Waals surface area contributed by atoms with E-state index in [-0.39, 0.29) is 5.91 Å². The van der Waals surface area contributed by atoms with Gasteiger partial charge in [0.1, 0.15) is 0 Å². The number of amides is 1. The van der Waals surface area contributed by atoms with E-state index in [1.54, 1.807) is 6.20 Å². The van der Waals surface area contributed by atoms with Crippen molar-refractivity contribution in [3.63, 3.8) is 0 Å². The zero-order valence-corrected chi connectivity index (χ0v) is 15.1. The fraction of sp³-hybridized carbons (Fsp3) is 0.381. The quantitative estimate of drug-likeness (QED) is 0.719. The van der Waals surface area contributed by atoms with Crippen LogP contribution in [0.4, 0.5) is 0 Å². The standard InChI is InChI=1S/C21H24N4O/c1-15-8-9-19-17(14-15)20(16-6-2-3-7-18(16)24-19)21(26)22-10-4-12-25-13-5-11-23-25/h2-3,5-7,11,13,15H,4,8-10,12,14H2,1H3,(H,22,26). The molecule has 4 rings (SSSR count). The number of carbonyl (C=O) groups is 1. The minimum absolute atomic E-state index is 0.0226. The van der Waals surface area contributed by atoms with Gasteiger partial charge < -0.3 is 5.32 Å². The summed E-state index contributed by atoms with van der Waals surface area (Å²) in [5.41, 5.74) is 3.99. The molecule has 0 bridgehead atoms. The van der Waals surface area contributed by atoms with Gasteiger partial charge in [0.05, 0.1) is 11.1 Å². The highest BCUT2D eigenvalue weighted by atomic mass is 16.1. The zero-order valence-electron chi connectivity index (χ0n) is 15.1. The van der Waals surface area contributed by atoms with Crippen LogP contribution in [0.5, 0.6) is 0 Å². The van der Waals surface area contributed by atoms with E-state index in [4.69, 9.17) is 4.98 Å². The number of carbonyl (C=O) groups excluding carboxylic acids is 1. The first-order valence-corrected chi connectivity index (χ1v) is 9.38. The summed E-state index contributed by atoms with van der Waals surface area (Å²) < 4.78 is 1.89. The summed E-state index contributed by atoms with van der Waals surface area (Å²) in [7, 11) is 0. The van der Waals surface area contributed by atoms with Crippen molar-refractivity contribution >= 4 is 16.8 Å². The van der Waals surface area contributed by atoms with Crippen LogP contribution in [0.15, 0.2) is 42.7 Å². The monoisotopic (exact) mass is 348 g/mol. The fourth-order valence-corrected chi connectivity index (χ4v) is 3.79. The Kier molecular flexibility index (Phi) is 4.69. The van der Waals surface area contributed by atoms with Crippen molar-refractivity contribution in [3.05, 3.63) is 59.5 Å². The molecular weight excluding hydrogens is 324 g/mol. The van der Waals surface area contributed by atoms with Gasteiger partial charge in [0.25, 0.3) is 5.91 Å².